The maximum absolute atomic E-state index is 11.7. The maximum Gasteiger partial charge on any atom is 0.326 e. The Hall–Kier alpha value is -0.771. The Labute approximate surface area is 125 Å². The Morgan fingerprint density at radius 1 is 1.53 bits per heavy atom. The van der Waals surface area contributed by atoms with Crippen LogP contribution >= 0.6 is 0 Å². The van der Waals surface area contributed by atoms with Crippen molar-refractivity contribution in [2.24, 2.45) is 0 Å². The molecule has 0 fully saturated rings. The number of hydrogen-bond acceptors (Lipinski definition) is 3. The van der Waals surface area contributed by atoms with Crippen LogP contribution in [0.5, 0.6) is 0 Å². The van der Waals surface area contributed by atoms with E-state index in [4.69, 9.17) is 5.02 Å². The van der Waals surface area contributed by atoms with Crippen molar-refractivity contribution in [3.63, 3.8) is 0 Å². The van der Waals surface area contributed by atoms with Gasteiger partial charge in [0.25, 0.3) is 0 Å². The van der Waals surface area contributed by atoms with Gasteiger partial charge in [0, 0.05) is 44.7 Å². The first-order valence-electron chi connectivity index (χ1n) is 4.75. The molecule has 0 unspecified atom stereocenters. The summed E-state index contributed by atoms with van der Waals surface area (Å²) in [7, 11) is 0.889. The van der Waals surface area contributed by atoms with Gasteiger partial charge in [-0.1, -0.05) is 13.1 Å². The monoisotopic (exact) mass is 301 g/mol. The fraction of sp³-hybridized carbons (Fsp3) is 0.0909. The number of aromatic nitrogens is 2. The van der Waals surface area contributed by atoms with E-state index in [2.05, 4.69) is 11.1 Å². The summed E-state index contributed by atoms with van der Waals surface area (Å²) in [5.74, 6) is 0.514. The van der Waals surface area contributed by atoms with Gasteiger partial charge in [-0.05, 0) is 17.6 Å². The molecule has 0 saturated carbocycles. The fourth-order valence-electron chi connectivity index (χ4n) is 1.31. The second kappa shape index (κ2) is 6.24. The van der Waals surface area contributed by atoms with Gasteiger partial charge in [-0.15, -0.1) is 11.6 Å². The van der Waals surface area contributed by atoms with E-state index in [0.717, 1.165) is 13.0 Å². The van der Waals surface area contributed by atoms with Crippen LogP contribution in [0.15, 0.2) is 35.4 Å². The van der Waals surface area contributed by atoms with Gasteiger partial charge in [-0.2, -0.15) is 6.07 Å². The van der Waals surface area contributed by atoms with Gasteiger partial charge >= 0.3 is 7.48 Å². The van der Waals surface area contributed by atoms with Crippen molar-refractivity contribution in [2.45, 2.75) is 6.92 Å². The summed E-state index contributed by atoms with van der Waals surface area (Å²) in [6, 6.07) is 7.59. The van der Waals surface area contributed by atoms with Crippen LogP contribution in [-0.2, 0) is 32.7 Å². The quantitative estimate of drug-likeness (QED) is 0.605. The van der Waals surface area contributed by atoms with Gasteiger partial charge in [0.05, 0.1) is 0 Å². The minimum absolute atomic E-state index is 0. The summed E-state index contributed by atoms with van der Waals surface area (Å²) in [6.07, 6.45) is 3.21. The minimum Gasteiger partial charge on any atom is -0.450 e. The standard InChI is InChI=1S/C11H9BN2O2.Y/c1-8-2-3-10(13-7-8)14-5-4-9(12-16)6-11(14)15;/h3-7,16H,1H3;/q-1;. The molecule has 0 amide bonds. The van der Waals surface area contributed by atoms with E-state index in [1.165, 1.54) is 10.6 Å². The zero-order chi connectivity index (χ0) is 11.5. The van der Waals surface area contributed by atoms with Crippen molar-refractivity contribution in [2.75, 3.05) is 0 Å². The molecule has 0 aliphatic carbocycles. The summed E-state index contributed by atoms with van der Waals surface area (Å²) in [4.78, 5) is 15.8. The van der Waals surface area contributed by atoms with Crippen LogP contribution in [0, 0.1) is 13.0 Å². The molecule has 0 aliphatic heterocycles. The smallest absolute Gasteiger partial charge is 0.326 e. The van der Waals surface area contributed by atoms with Gasteiger partial charge in [0.2, 0.25) is 5.56 Å². The van der Waals surface area contributed by atoms with Crippen LogP contribution in [0.25, 0.3) is 5.82 Å². The maximum atomic E-state index is 11.7. The average Bonchev–Trinajstić information content (AvgIpc) is 2.30. The first-order chi connectivity index (χ1) is 7.70. The molecule has 0 spiro atoms. The van der Waals surface area contributed by atoms with Crippen molar-refractivity contribution in [1.29, 1.82) is 0 Å². The van der Waals surface area contributed by atoms with Crippen LogP contribution in [0.4, 0.5) is 0 Å². The van der Waals surface area contributed by atoms with Gasteiger partial charge in [-0.25, -0.2) is 0 Å². The third-order valence-electron chi connectivity index (χ3n) is 2.16. The second-order valence-electron chi connectivity index (χ2n) is 3.39. The molecule has 0 bridgehead atoms. The van der Waals surface area contributed by atoms with Crippen molar-refractivity contribution >= 4 is 12.9 Å². The van der Waals surface area contributed by atoms with E-state index < -0.39 is 0 Å². The average molecular weight is 301 g/mol. The predicted molar refractivity (Wildman–Crippen MR) is 61.0 cm³/mol. The molecule has 0 aromatic carbocycles. The SMILES string of the molecule is Cc1[c-]cc(-n2ccc([B]O)cc2=O)nc1.[Y]. The number of nitrogens with zero attached hydrogens (tertiary/aromatic N) is 2. The number of aryl methyl sites for hydroxylation is 1. The van der Waals surface area contributed by atoms with E-state index >= 15 is 0 Å². The summed E-state index contributed by atoms with van der Waals surface area (Å²) in [5.41, 5.74) is 1.14. The topological polar surface area (TPSA) is 55.1 Å². The molecule has 0 saturated heterocycles. The molecule has 2 aromatic heterocycles. The van der Waals surface area contributed by atoms with Gasteiger partial charge in [-0.3, -0.25) is 4.79 Å². The Morgan fingerprint density at radius 3 is 2.82 bits per heavy atom. The zero-order valence-corrected chi connectivity index (χ0v) is 12.1. The first-order valence-corrected chi connectivity index (χ1v) is 4.75. The van der Waals surface area contributed by atoms with E-state index in [0.29, 0.717) is 11.3 Å². The van der Waals surface area contributed by atoms with Gasteiger partial charge in [0.15, 0.2) is 0 Å². The molecule has 0 aliphatic rings. The van der Waals surface area contributed by atoms with Crippen LogP contribution in [0.3, 0.4) is 0 Å². The van der Waals surface area contributed by atoms with Crippen LogP contribution < -0.4 is 11.0 Å². The Bertz CT molecular complexity index is 554. The predicted octanol–water partition coefficient (Wildman–Crippen LogP) is -0.425. The molecule has 2 radical (unpaired) electrons. The van der Waals surface area contributed by atoms with Crippen molar-refractivity contribution < 1.29 is 37.7 Å². The zero-order valence-electron chi connectivity index (χ0n) is 9.29. The van der Waals surface area contributed by atoms with Crippen molar-refractivity contribution in [3.05, 3.63) is 52.6 Å². The first kappa shape index (κ1) is 14.3. The number of rotatable bonds is 2. The molecular formula is C11H9BN2O2Y-. The molecule has 17 heavy (non-hydrogen) atoms. The molecular weight excluding hydrogens is 292 g/mol. The van der Waals surface area contributed by atoms with Gasteiger partial charge in [0.1, 0.15) is 0 Å². The molecule has 2 aromatic rings. The van der Waals surface area contributed by atoms with E-state index in [1.807, 2.05) is 6.92 Å². The molecule has 82 valence electrons. The van der Waals surface area contributed by atoms with Crippen molar-refractivity contribution in [3.8, 4) is 5.82 Å². The van der Waals surface area contributed by atoms with E-state index in [-0.39, 0.29) is 38.3 Å². The Balaban J connectivity index is 0.00000144. The molecule has 0 atom stereocenters. The van der Waals surface area contributed by atoms with E-state index in [1.54, 1.807) is 24.5 Å². The van der Waals surface area contributed by atoms with Crippen LogP contribution in [0.2, 0.25) is 0 Å². The molecule has 2 heterocycles. The normalized spacial score (nSPS) is 9.53. The fourth-order valence-corrected chi connectivity index (χ4v) is 1.31. The number of hydrogen-bond donors (Lipinski definition) is 1. The molecule has 6 heteroatoms. The summed E-state index contributed by atoms with van der Waals surface area (Å²) in [5, 5.41) is 8.76. The molecule has 4 nitrogen and oxygen atoms in total. The van der Waals surface area contributed by atoms with Gasteiger partial charge < -0.3 is 14.6 Å². The minimum atomic E-state index is -0.243. The molecule has 1 N–H and O–H groups in total. The third kappa shape index (κ3) is 3.34. The Morgan fingerprint density at radius 2 is 2.29 bits per heavy atom. The molecule has 2 rings (SSSR count). The largest absolute Gasteiger partial charge is 0.450 e. The Kier molecular flexibility index (Phi) is 5.25. The second-order valence-corrected chi connectivity index (χ2v) is 3.39. The van der Waals surface area contributed by atoms with Crippen molar-refractivity contribution in [1.82, 2.24) is 9.55 Å². The van der Waals surface area contributed by atoms with Crippen LogP contribution in [0.1, 0.15) is 5.56 Å². The number of pyridine rings is 2. The third-order valence-corrected chi connectivity index (χ3v) is 2.16. The van der Waals surface area contributed by atoms with Crippen LogP contribution in [-0.4, -0.2) is 22.1 Å². The summed E-state index contributed by atoms with van der Waals surface area (Å²) in [6.45, 7) is 1.88. The van der Waals surface area contributed by atoms with E-state index in [9.17, 15) is 4.79 Å². The summed E-state index contributed by atoms with van der Waals surface area (Å²) < 4.78 is 1.39. The summed E-state index contributed by atoms with van der Waals surface area (Å²) >= 11 is 0.